The van der Waals surface area contributed by atoms with Crippen LogP contribution in [0.4, 0.5) is 0 Å². The third-order valence-electron chi connectivity index (χ3n) is 2.35. The Balaban J connectivity index is 2.25. The predicted octanol–water partition coefficient (Wildman–Crippen LogP) is 1.10. The van der Waals surface area contributed by atoms with E-state index in [4.69, 9.17) is 4.74 Å². The van der Waals surface area contributed by atoms with Crippen LogP contribution in [0.3, 0.4) is 0 Å². The van der Waals surface area contributed by atoms with E-state index in [-0.39, 0.29) is 18.0 Å². The van der Waals surface area contributed by atoms with E-state index in [9.17, 15) is 9.90 Å². The molecule has 1 saturated carbocycles. The first kappa shape index (κ1) is 9.52. The van der Waals surface area contributed by atoms with Crippen molar-refractivity contribution in [3.8, 4) is 0 Å². The second-order valence-corrected chi connectivity index (χ2v) is 3.27. The zero-order valence-electron chi connectivity index (χ0n) is 7.45. The molecule has 1 aliphatic rings. The van der Waals surface area contributed by atoms with E-state index in [1.807, 2.05) is 0 Å². The summed E-state index contributed by atoms with van der Waals surface area (Å²) in [6.07, 6.45) is 2.93. The van der Waals surface area contributed by atoms with Gasteiger partial charge in [0.15, 0.2) is 0 Å². The summed E-state index contributed by atoms with van der Waals surface area (Å²) in [5.41, 5.74) is 0. The minimum atomic E-state index is -0.283. The van der Waals surface area contributed by atoms with Crippen LogP contribution in [0.1, 0.15) is 32.6 Å². The molecule has 3 heteroatoms. The van der Waals surface area contributed by atoms with Crippen molar-refractivity contribution in [3.05, 3.63) is 0 Å². The van der Waals surface area contributed by atoms with E-state index in [0.29, 0.717) is 13.0 Å². The van der Waals surface area contributed by atoms with Crippen molar-refractivity contribution in [2.75, 3.05) is 6.61 Å². The van der Waals surface area contributed by atoms with Crippen molar-refractivity contribution in [2.24, 2.45) is 5.92 Å². The van der Waals surface area contributed by atoms with E-state index >= 15 is 0 Å². The highest BCUT2D eigenvalue weighted by Gasteiger charge is 2.27. The molecule has 2 atom stereocenters. The monoisotopic (exact) mass is 172 g/mol. The third kappa shape index (κ3) is 2.48. The van der Waals surface area contributed by atoms with Crippen LogP contribution >= 0.6 is 0 Å². The fourth-order valence-electron chi connectivity index (χ4n) is 1.69. The van der Waals surface area contributed by atoms with E-state index in [1.54, 1.807) is 6.92 Å². The van der Waals surface area contributed by atoms with Crippen LogP contribution < -0.4 is 0 Å². The number of aliphatic hydroxyl groups is 1. The molecule has 0 heterocycles. The van der Waals surface area contributed by atoms with Crippen LogP contribution in [-0.4, -0.2) is 23.8 Å². The summed E-state index contributed by atoms with van der Waals surface area (Å²) in [5, 5.41) is 9.40. The molecule has 0 aromatic rings. The van der Waals surface area contributed by atoms with Crippen molar-refractivity contribution in [3.63, 3.8) is 0 Å². The van der Waals surface area contributed by atoms with Gasteiger partial charge in [0.2, 0.25) is 0 Å². The van der Waals surface area contributed by atoms with E-state index in [0.717, 1.165) is 19.3 Å². The SMILES string of the molecule is CCOC(=O)C[C@@H]1CCC[C@H]1O. The minimum absolute atomic E-state index is 0.143. The molecular weight excluding hydrogens is 156 g/mol. The Morgan fingerprint density at radius 3 is 2.83 bits per heavy atom. The molecule has 70 valence electrons. The molecule has 3 nitrogen and oxygen atoms in total. The second kappa shape index (κ2) is 4.45. The number of aliphatic hydroxyl groups excluding tert-OH is 1. The minimum Gasteiger partial charge on any atom is -0.466 e. The predicted molar refractivity (Wildman–Crippen MR) is 44.6 cm³/mol. The summed E-state index contributed by atoms with van der Waals surface area (Å²) in [6, 6.07) is 0. The van der Waals surface area contributed by atoms with Gasteiger partial charge in [0.1, 0.15) is 0 Å². The maximum atomic E-state index is 11.0. The third-order valence-corrected chi connectivity index (χ3v) is 2.35. The normalized spacial score (nSPS) is 28.8. The van der Waals surface area contributed by atoms with Gasteiger partial charge in [-0.15, -0.1) is 0 Å². The lowest BCUT2D eigenvalue weighted by Gasteiger charge is -2.12. The van der Waals surface area contributed by atoms with Gasteiger partial charge in [-0.05, 0) is 25.7 Å². The van der Waals surface area contributed by atoms with Gasteiger partial charge in [-0.1, -0.05) is 6.42 Å². The standard InChI is InChI=1S/C9H16O3/c1-2-12-9(11)6-7-4-3-5-8(7)10/h7-8,10H,2-6H2,1H3/t7-,8+/m0/s1. The van der Waals surface area contributed by atoms with E-state index in [2.05, 4.69) is 0 Å². The highest BCUT2D eigenvalue weighted by atomic mass is 16.5. The Morgan fingerprint density at radius 2 is 2.33 bits per heavy atom. The van der Waals surface area contributed by atoms with Crippen LogP contribution in [0.25, 0.3) is 0 Å². The summed E-state index contributed by atoms with van der Waals surface area (Å²) in [6.45, 7) is 2.23. The lowest BCUT2D eigenvalue weighted by molar-refractivity contribution is -0.145. The van der Waals surface area contributed by atoms with Gasteiger partial charge in [0.25, 0.3) is 0 Å². The van der Waals surface area contributed by atoms with Gasteiger partial charge in [-0.3, -0.25) is 4.79 Å². The van der Waals surface area contributed by atoms with Crippen molar-refractivity contribution < 1.29 is 14.6 Å². The average Bonchev–Trinajstić information content (AvgIpc) is 2.37. The Kier molecular flexibility index (Phi) is 3.53. The molecular formula is C9H16O3. The van der Waals surface area contributed by atoms with E-state index < -0.39 is 0 Å². The first-order valence-corrected chi connectivity index (χ1v) is 4.57. The number of esters is 1. The summed E-state index contributed by atoms with van der Waals surface area (Å²) < 4.78 is 4.80. The van der Waals surface area contributed by atoms with E-state index in [1.165, 1.54) is 0 Å². The van der Waals surface area contributed by atoms with Gasteiger partial charge < -0.3 is 9.84 Å². The average molecular weight is 172 g/mol. The molecule has 0 spiro atoms. The highest BCUT2D eigenvalue weighted by Crippen LogP contribution is 2.28. The first-order valence-electron chi connectivity index (χ1n) is 4.57. The molecule has 0 radical (unpaired) electrons. The molecule has 0 aromatic carbocycles. The Labute approximate surface area is 72.7 Å². The van der Waals surface area contributed by atoms with Crippen molar-refractivity contribution in [2.45, 2.75) is 38.7 Å². The van der Waals surface area contributed by atoms with Crippen molar-refractivity contribution >= 4 is 5.97 Å². The van der Waals surface area contributed by atoms with Crippen LogP contribution in [0.15, 0.2) is 0 Å². The van der Waals surface area contributed by atoms with Crippen molar-refractivity contribution in [1.29, 1.82) is 0 Å². The Morgan fingerprint density at radius 1 is 1.58 bits per heavy atom. The maximum Gasteiger partial charge on any atom is 0.306 e. The van der Waals surface area contributed by atoms with Gasteiger partial charge in [-0.2, -0.15) is 0 Å². The van der Waals surface area contributed by atoms with Gasteiger partial charge in [-0.25, -0.2) is 0 Å². The highest BCUT2D eigenvalue weighted by molar-refractivity contribution is 5.69. The molecule has 0 aromatic heterocycles. The summed E-state index contributed by atoms with van der Waals surface area (Å²) >= 11 is 0. The lowest BCUT2D eigenvalue weighted by atomic mass is 10.0. The smallest absolute Gasteiger partial charge is 0.306 e. The molecule has 0 amide bonds. The van der Waals surface area contributed by atoms with Crippen LogP contribution in [0, 0.1) is 5.92 Å². The number of hydrogen-bond acceptors (Lipinski definition) is 3. The maximum absolute atomic E-state index is 11.0. The number of carbonyl (C=O) groups excluding carboxylic acids is 1. The molecule has 0 unspecified atom stereocenters. The van der Waals surface area contributed by atoms with Crippen LogP contribution in [0.5, 0.6) is 0 Å². The van der Waals surface area contributed by atoms with Gasteiger partial charge in [0.05, 0.1) is 19.1 Å². The van der Waals surface area contributed by atoms with Crippen molar-refractivity contribution in [1.82, 2.24) is 0 Å². The first-order chi connectivity index (χ1) is 5.74. The molecule has 1 N–H and O–H groups in total. The van der Waals surface area contributed by atoms with Gasteiger partial charge >= 0.3 is 5.97 Å². The Bertz CT molecular complexity index is 156. The van der Waals surface area contributed by atoms with Crippen LogP contribution in [-0.2, 0) is 9.53 Å². The topological polar surface area (TPSA) is 46.5 Å². The van der Waals surface area contributed by atoms with Gasteiger partial charge in [0, 0.05) is 0 Å². The number of carbonyl (C=O) groups is 1. The zero-order valence-corrected chi connectivity index (χ0v) is 7.45. The molecule has 1 rings (SSSR count). The van der Waals surface area contributed by atoms with Crippen LogP contribution in [0.2, 0.25) is 0 Å². The molecule has 0 aliphatic heterocycles. The fourth-order valence-corrected chi connectivity index (χ4v) is 1.69. The zero-order chi connectivity index (χ0) is 8.97. The molecule has 0 saturated heterocycles. The number of ether oxygens (including phenoxy) is 1. The summed E-state index contributed by atoms with van der Waals surface area (Å²) in [7, 11) is 0. The molecule has 1 fully saturated rings. The number of rotatable bonds is 3. The quantitative estimate of drug-likeness (QED) is 0.648. The molecule has 12 heavy (non-hydrogen) atoms. The summed E-state index contributed by atoms with van der Waals surface area (Å²) in [4.78, 5) is 11.0. The fraction of sp³-hybridized carbons (Fsp3) is 0.889. The molecule has 1 aliphatic carbocycles. The Hall–Kier alpha value is -0.570. The lowest BCUT2D eigenvalue weighted by Crippen LogP contribution is -2.18. The summed E-state index contributed by atoms with van der Waals surface area (Å²) in [5.74, 6) is -0.0347. The number of hydrogen-bond donors (Lipinski definition) is 1. The largest absolute Gasteiger partial charge is 0.466 e. The molecule has 0 bridgehead atoms. The second-order valence-electron chi connectivity index (χ2n) is 3.27.